The first-order chi connectivity index (χ1) is 13.6. The molecule has 3 heterocycles. The molecule has 28 heavy (non-hydrogen) atoms. The summed E-state index contributed by atoms with van der Waals surface area (Å²) in [5.74, 6) is 0.173. The van der Waals surface area contributed by atoms with E-state index in [9.17, 15) is 9.59 Å². The highest BCUT2D eigenvalue weighted by Gasteiger charge is 2.26. The lowest BCUT2D eigenvalue weighted by molar-refractivity contribution is -0.116. The van der Waals surface area contributed by atoms with Crippen LogP contribution in [0.3, 0.4) is 0 Å². The molecule has 1 saturated heterocycles. The number of amides is 2. The van der Waals surface area contributed by atoms with Gasteiger partial charge in [-0.3, -0.25) is 9.59 Å². The second kappa shape index (κ2) is 7.79. The van der Waals surface area contributed by atoms with Crippen molar-refractivity contribution in [3.8, 4) is 0 Å². The lowest BCUT2D eigenvalue weighted by Crippen LogP contribution is -2.48. The van der Waals surface area contributed by atoms with Crippen molar-refractivity contribution >= 4 is 39.7 Å². The summed E-state index contributed by atoms with van der Waals surface area (Å²) in [7, 11) is 1.83. The molecule has 0 saturated carbocycles. The van der Waals surface area contributed by atoms with Gasteiger partial charge in [-0.05, 0) is 36.6 Å². The Bertz CT molecular complexity index is 902. The van der Waals surface area contributed by atoms with Crippen LogP contribution in [0, 0.1) is 0 Å². The van der Waals surface area contributed by atoms with E-state index in [-0.39, 0.29) is 11.8 Å². The molecular formula is C20H25N5O2S. The summed E-state index contributed by atoms with van der Waals surface area (Å²) < 4.78 is 0. The molecule has 0 aliphatic carbocycles. The number of rotatable bonds is 4. The fourth-order valence-corrected chi connectivity index (χ4v) is 4.72. The number of carbonyl (C=O) groups excluding carboxylic acids is 2. The molecular weight excluding hydrogens is 374 g/mol. The van der Waals surface area contributed by atoms with Crippen molar-refractivity contribution in [2.45, 2.75) is 26.2 Å². The number of carbonyl (C=O) groups is 2. The molecule has 2 amide bonds. The van der Waals surface area contributed by atoms with E-state index in [1.807, 2.05) is 24.9 Å². The van der Waals surface area contributed by atoms with E-state index in [1.165, 1.54) is 16.9 Å². The van der Waals surface area contributed by atoms with Crippen LogP contribution in [0.15, 0.2) is 18.2 Å². The number of fused-ring (bicyclic) bond motifs is 1. The minimum Gasteiger partial charge on any atom is -0.368 e. The minimum absolute atomic E-state index is 0.0864. The van der Waals surface area contributed by atoms with Gasteiger partial charge in [0.05, 0.1) is 5.69 Å². The van der Waals surface area contributed by atoms with E-state index in [1.54, 1.807) is 0 Å². The minimum atomic E-state index is 0.0864. The number of nitrogens with zero attached hydrogens (tertiary/aromatic N) is 3. The van der Waals surface area contributed by atoms with Crippen LogP contribution in [0.1, 0.15) is 34.3 Å². The van der Waals surface area contributed by atoms with Crippen molar-refractivity contribution in [3.63, 3.8) is 0 Å². The number of aryl methyl sites for hydroxylation is 2. The van der Waals surface area contributed by atoms with Crippen LogP contribution in [0.5, 0.6) is 0 Å². The van der Waals surface area contributed by atoms with Crippen LogP contribution in [-0.2, 0) is 17.6 Å². The Balaban J connectivity index is 1.43. The molecule has 0 unspecified atom stereocenters. The zero-order valence-electron chi connectivity index (χ0n) is 16.2. The number of anilines is 3. The molecule has 1 aromatic heterocycles. The van der Waals surface area contributed by atoms with E-state index in [0.717, 1.165) is 53.0 Å². The molecule has 2 aliphatic heterocycles. The Labute approximate surface area is 168 Å². The average molecular weight is 400 g/mol. The fraction of sp³-hybridized carbons (Fsp3) is 0.450. The van der Waals surface area contributed by atoms with Gasteiger partial charge in [0.1, 0.15) is 4.88 Å². The van der Waals surface area contributed by atoms with Gasteiger partial charge in [0.2, 0.25) is 5.91 Å². The van der Waals surface area contributed by atoms with Crippen molar-refractivity contribution in [1.29, 1.82) is 0 Å². The zero-order chi connectivity index (χ0) is 19.7. The molecule has 4 rings (SSSR count). The first-order valence-corrected chi connectivity index (χ1v) is 10.5. The highest BCUT2D eigenvalue weighted by Crippen LogP contribution is 2.29. The summed E-state index contributed by atoms with van der Waals surface area (Å²) >= 11 is 1.44. The summed E-state index contributed by atoms with van der Waals surface area (Å²) in [5.41, 5.74) is 4.14. The number of nitrogens with one attached hydrogen (secondary N) is 2. The van der Waals surface area contributed by atoms with Gasteiger partial charge >= 0.3 is 0 Å². The highest BCUT2D eigenvalue weighted by atomic mass is 32.1. The second-order valence-electron chi connectivity index (χ2n) is 7.07. The van der Waals surface area contributed by atoms with E-state index < -0.39 is 0 Å². The number of thiazole rings is 1. The molecule has 7 nitrogen and oxygen atoms in total. The Hall–Kier alpha value is -2.61. The van der Waals surface area contributed by atoms with Gasteiger partial charge in [-0.2, -0.15) is 0 Å². The molecule has 0 radical (unpaired) electrons. The van der Waals surface area contributed by atoms with Gasteiger partial charge < -0.3 is 20.4 Å². The van der Waals surface area contributed by atoms with Gasteiger partial charge in [0.25, 0.3) is 5.91 Å². The molecule has 1 aromatic carbocycles. The van der Waals surface area contributed by atoms with Gasteiger partial charge in [0, 0.05) is 51.0 Å². The summed E-state index contributed by atoms with van der Waals surface area (Å²) in [6.07, 6.45) is 2.08. The van der Waals surface area contributed by atoms with Gasteiger partial charge in [0.15, 0.2) is 5.13 Å². The number of hydrogen-bond acceptors (Lipinski definition) is 6. The lowest BCUT2D eigenvalue weighted by Gasteiger charge is -2.36. The smallest absolute Gasteiger partial charge is 0.266 e. The predicted octanol–water partition coefficient (Wildman–Crippen LogP) is 2.59. The first kappa shape index (κ1) is 18.7. The van der Waals surface area contributed by atoms with Crippen molar-refractivity contribution in [3.05, 3.63) is 34.3 Å². The number of aromatic nitrogens is 1. The second-order valence-corrected chi connectivity index (χ2v) is 8.07. The van der Waals surface area contributed by atoms with E-state index in [4.69, 9.17) is 0 Å². The standard InChI is InChI=1S/C20H25N5O2S/c1-3-15-18(28-20(21-2)23-15)19(27)25-10-8-24(9-11-25)14-5-6-16-13(12-14)4-7-17(26)22-16/h5-6,12H,3-4,7-11H2,1-2H3,(H,21,23)(H,22,26). The van der Waals surface area contributed by atoms with Crippen LogP contribution in [-0.4, -0.2) is 54.9 Å². The van der Waals surface area contributed by atoms with Gasteiger partial charge in [-0.15, -0.1) is 0 Å². The van der Waals surface area contributed by atoms with Crippen molar-refractivity contribution < 1.29 is 9.59 Å². The molecule has 0 atom stereocenters. The molecule has 2 N–H and O–H groups in total. The molecule has 8 heteroatoms. The molecule has 148 valence electrons. The SMILES string of the molecule is CCc1nc(NC)sc1C(=O)N1CCN(c2ccc3c(c2)CCC(=O)N3)CC1. The van der Waals surface area contributed by atoms with Gasteiger partial charge in [-0.25, -0.2) is 4.98 Å². The Morgan fingerprint density at radius 1 is 1.25 bits per heavy atom. The summed E-state index contributed by atoms with van der Waals surface area (Å²) in [5, 5.41) is 6.76. The van der Waals surface area contributed by atoms with Gasteiger partial charge in [-0.1, -0.05) is 18.3 Å². The van der Waals surface area contributed by atoms with Crippen LogP contribution in [0.25, 0.3) is 0 Å². The largest absolute Gasteiger partial charge is 0.368 e. The summed E-state index contributed by atoms with van der Waals surface area (Å²) in [4.78, 5) is 34.0. The number of benzene rings is 1. The Kier molecular flexibility index (Phi) is 5.21. The van der Waals surface area contributed by atoms with E-state index in [2.05, 4.69) is 32.7 Å². The maximum absolute atomic E-state index is 13.0. The van der Waals surface area contributed by atoms with Crippen molar-refractivity contribution in [1.82, 2.24) is 9.88 Å². The number of hydrogen-bond donors (Lipinski definition) is 2. The Morgan fingerprint density at radius 2 is 2.04 bits per heavy atom. The van der Waals surface area contributed by atoms with Crippen LogP contribution in [0.2, 0.25) is 0 Å². The maximum atomic E-state index is 13.0. The van der Waals surface area contributed by atoms with Crippen LogP contribution >= 0.6 is 11.3 Å². The van der Waals surface area contributed by atoms with Crippen LogP contribution < -0.4 is 15.5 Å². The fourth-order valence-electron chi connectivity index (χ4n) is 3.74. The average Bonchev–Trinajstić information content (AvgIpc) is 3.16. The third kappa shape index (κ3) is 3.56. The normalized spacial score (nSPS) is 16.6. The lowest BCUT2D eigenvalue weighted by atomic mass is 10.0. The third-order valence-corrected chi connectivity index (χ3v) is 6.46. The number of piperazine rings is 1. The maximum Gasteiger partial charge on any atom is 0.266 e. The predicted molar refractivity (Wildman–Crippen MR) is 113 cm³/mol. The molecule has 1 fully saturated rings. The molecule has 2 aliphatic rings. The van der Waals surface area contributed by atoms with E-state index >= 15 is 0 Å². The third-order valence-electron chi connectivity index (χ3n) is 5.36. The van der Waals surface area contributed by atoms with E-state index in [0.29, 0.717) is 19.5 Å². The first-order valence-electron chi connectivity index (χ1n) is 9.73. The van der Waals surface area contributed by atoms with Crippen LogP contribution in [0.4, 0.5) is 16.5 Å². The van der Waals surface area contributed by atoms with Crippen molar-refractivity contribution in [2.24, 2.45) is 0 Å². The topological polar surface area (TPSA) is 77.6 Å². The molecule has 2 aromatic rings. The molecule has 0 bridgehead atoms. The zero-order valence-corrected chi connectivity index (χ0v) is 17.1. The van der Waals surface area contributed by atoms with Crippen molar-refractivity contribution in [2.75, 3.05) is 48.8 Å². The summed E-state index contributed by atoms with van der Waals surface area (Å²) in [6, 6.07) is 6.21. The quantitative estimate of drug-likeness (QED) is 0.826. The highest BCUT2D eigenvalue weighted by molar-refractivity contribution is 7.17. The summed E-state index contributed by atoms with van der Waals surface area (Å²) in [6.45, 7) is 5.03. The molecule has 0 spiro atoms. The Morgan fingerprint density at radius 3 is 2.75 bits per heavy atom. The monoisotopic (exact) mass is 399 g/mol.